The average molecular weight is 234 g/mol. The molecule has 1 heterocycles. The molecule has 5 heteroatoms. The lowest BCUT2D eigenvalue weighted by molar-refractivity contribution is -0.116. The molecule has 1 aromatic carbocycles. The standard InChI is InChI=1S/C12H14N2O3/c1-9-7-12(16)14(13-9)10-3-2-4-11(8-10)17-6-5-15/h2-4,8,15H,5-7H2,1H3. The lowest BCUT2D eigenvalue weighted by Crippen LogP contribution is -2.19. The van der Waals surface area contributed by atoms with Gasteiger partial charge in [-0.15, -0.1) is 0 Å². The van der Waals surface area contributed by atoms with Gasteiger partial charge in [0.1, 0.15) is 12.4 Å². The van der Waals surface area contributed by atoms with Crippen molar-refractivity contribution in [2.45, 2.75) is 13.3 Å². The number of anilines is 1. The monoisotopic (exact) mass is 234 g/mol. The summed E-state index contributed by atoms with van der Waals surface area (Å²) in [7, 11) is 0. The van der Waals surface area contributed by atoms with Crippen LogP contribution in [0.3, 0.4) is 0 Å². The third-order valence-corrected chi connectivity index (χ3v) is 2.34. The van der Waals surface area contributed by atoms with E-state index >= 15 is 0 Å². The fraction of sp³-hybridized carbons (Fsp3) is 0.333. The minimum Gasteiger partial charge on any atom is -0.491 e. The second-order valence-electron chi connectivity index (χ2n) is 3.79. The maximum absolute atomic E-state index is 11.6. The molecule has 0 atom stereocenters. The van der Waals surface area contributed by atoms with E-state index in [-0.39, 0.29) is 19.1 Å². The third kappa shape index (κ3) is 2.62. The van der Waals surface area contributed by atoms with Crippen molar-refractivity contribution in [2.75, 3.05) is 18.2 Å². The zero-order valence-electron chi connectivity index (χ0n) is 9.59. The molecule has 5 nitrogen and oxygen atoms in total. The van der Waals surface area contributed by atoms with Crippen molar-refractivity contribution in [3.05, 3.63) is 24.3 Å². The quantitative estimate of drug-likeness (QED) is 0.850. The summed E-state index contributed by atoms with van der Waals surface area (Å²) in [5, 5.41) is 14.2. The molecule has 17 heavy (non-hydrogen) atoms. The summed E-state index contributed by atoms with van der Waals surface area (Å²) in [5.74, 6) is 0.575. The van der Waals surface area contributed by atoms with Crippen molar-refractivity contribution < 1.29 is 14.6 Å². The molecule has 1 amide bonds. The van der Waals surface area contributed by atoms with E-state index in [1.807, 2.05) is 6.92 Å². The van der Waals surface area contributed by atoms with Gasteiger partial charge in [0.25, 0.3) is 5.91 Å². The minimum absolute atomic E-state index is 0.0376. The molecule has 1 aliphatic rings. The maximum Gasteiger partial charge on any atom is 0.253 e. The van der Waals surface area contributed by atoms with Crippen LogP contribution in [0.5, 0.6) is 5.75 Å². The normalized spacial score (nSPS) is 15.1. The summed E-state index contributed by atoms with van der Waals surface area (Å²) < 4.78 is 5.28. The number of amides is 1. The Labute approximate surface area is 99.3 Å². The molecule has 0 bridgehead atoms. The molecule has 0 aromatic heterocycles. The fourth-order valence-corrected chi connectivity index (χ4v) is 1.63. The van der Waals surface area contributed by atoms with Gasteiger partial charge in [-0.1, -0.05) is 6.07 Å². The molecular formula is C12H14N2O3. The summed E-state index contributed by atoms with van der Waals surface area (Å²) in [5.41, 5.74) is 1.49. The van der Waals surface area contributed by atoms with Crippen molar-refractivity contribution in [2.24, 2.45) is 5.10 Å². The van der Waals surface area contributed by atoms with Gasteiger partial charge >= 0.3 is 0 Å². The Hall–Kier alpha value is -1.88. The van der Waals surface area contributed by atoms with E-state index in [0.717, 1.165) is 5.71 Å². The fourth-order valence-electron chi connectivity index (χ4n) is 1.63. The van der Waals surface area contributed by atoms with E-state index in [4.69, 9.17) is 9.84 Å². The van der Waals surface area contributed by atoms with Crippen LogP contribution in [-0.4, -0.2) is 29.9 Å². The van der Waals surface area contributed by atoms with Crippen LogP contribution in [0.15, 0.2) is 29.4 Å². The molecule has 90 valence electrons. The lowest BCUT2D eigenvalue weighted by atomic mass is 10.2. The van der Waals surface area contributed by atoms with Crippen LogP contribution in [-0.2, 0) is 4.79 Å². The Morgan fingerprint density at radius 2 is 2.35 bits per heavy atom. The third-order valence-electron chi connectivity index (χ3n) is 2.34. The molecule has 0 saturated carbocycles. The number of benzene rings is 1. The van der Waals surface area contributed by atoms with E-state index in [1.54, 1.807) is 24.3 Å². The molecule has 1 aliphatic heterocycles. The largest absolute Gasteiger partial charge is 0.491 e. The van der Waals surface area contributed by atoms with Crippen LogP contribution >= 0.6 is 0 Å². The van der Waals surface area contributed by atoms with E-state index in [9.17, 15) is 4.79 Å². The van der Waals surface area contributed by atoms with Crippen molar-refractivity contribution in [1.82, 2.24) is 0 Å². The first-order valence-electron chi connectivity index (χ1n) is 5.41. The van der Waals surface area contributed by atoms with Crippen LogP contribution in [0.1, 0.15) is 13.3 Å². The molecule has 0 aliphatic carbocycles. The number of aliphatic hydroxyl groups is 1. The number of nitrogens with zero attached hydrogens (tertiary/aromatic N) is 2. The molecule has 0 unspecified atom stereocenters. The van der Waals surface area contributed by atoms with Gasteiger partial charge in [0.2, 0.25) is 0 Å². The SMILES string of the molecule is CC1=NN(c2cccc(OCCO)c2)C(=O)C1. The molecule has 1 aromatic rings. The number of aliphatic hydroxyl groups excluding tert-OH is 1. The first kappa shape index (κ1) is 11.6. The van der Waals surface area contributed by atoms with Crippen molar-refractivity contribution in [1.29, 1.82) is 0 Å². The van der Waals surface area contributed by atoms with E-state index in [0.29, 0.717) is 17.9 Å². The van der Waals surface area contributed by atoms with Gasteiger partial charge in [-0.2, -0.15) is 5.10 Å². The lowest BCUT2D eigenvalue weighted by Gasteiger charge is -2.13. The Bertz CT molecular complexity index is 457. The highest BCUT2D eigenvalue weighted by molar-refractivity contribution is 6.12. The Balaban J connectivity index is 2.18. The first-order chi connectivity index (χ1) is 8.20. The molecule has 0 fully saturated rings. The second kappa shape index (κ2) is 4.97. The molecule has 0 saturated heterocycles. The average Bonchev–Trinajstić information content (AvgIpc) is 2.66. The predicted molar refractivity (Wildman–Crippen MR) is 64.2 cm³/mol. The van der Waals surface area contributed by atoms with Crippen LogP contribution in [0.25, 0.3) is 0 Å². The molecule has 0 spiro atoms. The number of carbonyl (C=O) groups is 1. The Morgan fingerprint density at radius 1 is 1.53 bits per heavy atom. The minimum atomic E-state index is -0.0400. The Kier molecular flexibility index (Phi) is 3.39. The van der Waals surface area contributed by atoms with E-state index in [2.05, 4.69) is 5.10 Å². The molecular weight excluding hydrogens is 220 g/mol. The van der Waals surface area contributed by atoms with Gasteiger partial charge in [0.15, 0.2) is 0 Å². The number of carbonyl (C=O) groups excluding carboxylic acids is 1. The van der Waals surface area contributed by atoms with Crippen molar-refractivity contribution >= 4 is 17.3 Å². The number of hydrogen-bond acceptors (Lipinski definition) is 4. The van der Waals surface area contributed by atoms with Crippen molar-refractivity contribution in [3.8, 4) is 5.75 Å². The number of hydrazone groups is 1. The van der Waals surface area contributed by atoms with E-state index in [1.165, 1.54) is 5.01 Å². The number of hydrogen-bond donors (Lipinski definition) is 1. The maximum atomic E-state index is 11.6. The van der Waals surface area contributed by atoms with Gasteiger partial charge in [-0.25, -0.2) is 5.01 Å². The molecule has 1 N–H and O–H groups in total. The van der Waals surface area contributed by atoms with Gasteiger partial charge in [-0.05, 0) is 19.1 Å². The highest BCUT2D eigenvalue weighted by Crippen LogP contribution is 2.24. The summed E-state index contributed by atoms with van der Waals surface area (Å²) in [6.45, 7) is 2.02. The highest BCUT2D eigenvalue weighted by atomic mass is 16.5. The van der Waals surface area contributed by atoms with Crippen LogP contribution in [0, 0.1) is 0 Å². The van der Waals surface area contributed by atoms with Gasteiger partial charge < -0.3 is 9.84 Å². The smallest absolute Gasteiger partial charge is 0.253 e. The first-order valence-corrected chi connectivity index (χ1v) is 5.41. The predicted octanol–water partition coefficient (Wildman–Crippen LogP) is 1.17. The van der Waals surface area contributed by atoms with Gasteiger partial charge in [-0.3, -0.25) is 4.79 Å². The topological polar surface area (TPSA) is 62.1 Å². The number of ether oxygens (including phenoxy) is 1. The van der Waals surface area contributed by atoms with Crippen LogP contribution in [0.2, 0.25) is 0 Å². The Morgan fingerprint density at radius 3 is 3.00 bits per heavy atom. The summed E-state index contributed by atoms with van der Waals surface area (Å²) in [4.78, 5) is 11.6. The molecule has 0 radical (unpaired) electrons. The summed E-state index contributed by atoms with van der Waals surface area (Å²) >= 11 is 0. The van der Waals surface area contributed by atoms with E-state index < -0.39 is 0 Å². The summed E-state index contributed by atoms with van der Waals surface area (Å²) in [6, 6.07) is 7.09. The zero-order valence-corrected chi connectivity index (χ0v) is 9.59. The van der Waals surface area contributed by atoms with Crippen molar-refractivity contribution in [3.63, 3.8) is 0 Å². The van der Waals surface area contributed by atoms with Crippen LogP contribution in [0.4, 0.5) is 5.69 Å². The highest BCUT2D eigenvalue weighted by Gasteiger charge is 2.22. The molecule has 2 rings (SSSR count). The van der Waals surface area contributed by atoms with Gasteiger partial charge in [0.05, 0.1) is 18.7 Å². The summed E-state index contributed by atoms with van der Waals surface area (Å²) in [6.07, 6.45) is 0.363. The number of rotatable bonds is 4. The van der Waals surface area contributed by atoms with Crippen LogP contribution < -0.4 is 9.75 Å². The van der Waals surface area contributed by atoms with Gasteiger partial charge in [0, 0.05) is 11.8 Å². The zero-order chi connectivity index (χ0) is 12.3. The second-order valence-corrected chi connectivity index (χ2v) is 3.79.